The lowest BCUT2D eigenvalue weighted by molar-refractivity contribution is 0.115. The summed E-state index contributed by atoms with van der Waals surface area (Å²) in [6, 6.07) is 14.8. The summed E-state index contributed by atoms with van der Waals surface area (Å²) >= 11 is 0. The smallest absolute Gasteiger partial charge is 0.116 e. The fraction of sp³-hybridized carbons (Fsp3) is 0.448. The number of aliphatic hydroxyl groups excluding tert-OH is 1. The second kappa shape index (κ2) is 11.7. The molecule has 2 aromatic carbocycles. The zero-order valence-electron chi connectivity index (χ0n) is 20.4. The Morgan fingerprint density at radius 2 is 1.88 bits per heavy atom. The van der Waals surface area contributed by atoms with Crippen molar-refractivity contribution in [3.63, 3.8) is 0 Å². The fourth-order valence-corrected chi connectivity index (χ4v) is 5.45. The van der Waals surface area contributed by atoms with Crippen molar-refractivity contribution in [3.05, 3.63) is 88.7 Å². The molecule has 3 atom stereocenters. The van der Waals surface area contributed by atoms with Crippen molar-refractivity contribution in [3.8, 4) is 5.75 Å². The van der Waals surface area contributed by atoms with Crippen molar-refractivity contribution in [2.24, 2.45) is 11.8 Å². The van der Waals surface area contributed by atoms with Crippen LogP contribution in [0.5, 0.6) is 5.75 Å². The number of likely N-dealkylation sites (N-methyl/N-ethyl adjacent to an activating group) is 1. The van der Waals surface area contributed by atoms with E-state index in [1.54, 1.807) is 13.2 Å². The number of nitrogens with one attached hydrogen (secondary N) is 1. The number of fused-ring (bicyclic) bond motifs is 1. The van der Waals surface area contributed by atoms with E-state index in [0.29, 0.717) is 24.1 Å². The van der Waals surface area contributed by atoms with Gasteiger partial charge in [-0.05, 0) is 97.7 Å². The molecule has 34 heavy (non-hydrogen) atoms. The van der Waals surface area contributed by atoms with E-state index >= 15 is 0 Å². The van der Waals surface area contributed by atoms with Crippen molar-refractivity contribution in [1.82, 2.24) is 10.2 Å². The molecule has 5 heteroatoms. The van der Waals surface area contributed by atoms with Crippen molar-refractivity contribution < 1.29 is 14.9 Å². The van der Waals surface area contributed by atoms with Gasteiger partial charge in [0.25, 0.3) is 0 Å². The Hall–Kier alpha value is -2.60. The number of aromatic hydroxyl groups is 1. The molecule has 2 aliphatic carbocycles. The summed E-state index contributed by atoms with van der Waals surface area (Å²) in [4.78, 5) is 2.39. The Kier molecular flexibility index (Phi) is 8.44. The molecule has 0 fully saturated rings. The number of methoxy groups -OCH3 is 1. The number of hydrogen-bond donors (Lipinski definition) is 3. The molecule has 0 radical (unpaired) electrons. The lowest BCUT2D eigenvalue weighted by atomic mass is 9.72. The van der Waals surface area contributed by atoms with Gasteiger partial charge in [-0.15, -0.1) is 0 Å². The quantitative estimate of drug-likeness (QED) is 0.501. The molecular weight excluding hydrogens is 424 g/mol. The number of aryl methyl sites for hydroxylation is 1. The summed E-state index contributed by atoms with van der Waals surface area (Å²) in [5.41, 5.74) is 5.20. The molecule has 0 aliphatic heterocycles. The van der Waals surface area contributed by atoms with Gasteiger partial charge >= 0.3 is 0 Å². The maximum absolute atomic E-state index is 9.92. The van der Waals surface area contributed by atoms with Gasteiger partial charge in [-0.25, -0.2) is 0 Å². The topological polar surface area (TPSA) is 65.0 Å². The van der Waals surface area contributed by atoms with Crippen LogP contribution in [-0.4, -0.2) is 55.0 Å². The number of phenols is 1. The zero-order chi connectivity index (χ0) is 23.9. The van der Waals surface area contributed by atoms with E-state index in [1.165, 1.54) is 22.3 Å². The number of phenolic OH excluding ortho intramolecular Hbond substituents is 1. The molecule has 3 N–H and O–H groups in total. The summed E-state index contributed by atoms with van der Waals surface area (Å²) in [5.74, 6) is 2.07. The molecule has 0 saturated heterocycles. The molecule has 5 nitrogen and oxygen atoms in total. The lowest BCUT2D eigenvalue weighted by Crippen LogP contribution is -2.44. The highest BCUT2D eigenvalue weighted by molar-refractivity contribution is 5.37. The third kappa shape index (κ3) is 5.90. The summed E-state index contributed by atoms with van der Waals surface area (Å²) in [6.45, 7) is 2.49. The van der Waals surface area contributed by atoms with E-state index < -0.39 is 0 Å². The van der Waals surface area contributed by atoms with Crippen LogP contribution in [0.3, 0.4) is 0 Å². The minimum absolute atomic E-state index is 0.121. The summed E-state index contributed by atoms with van der Waals surface area (Å²) in [5, 5.41) is 23.0. The molecule has 2 unspecified atom stereocenters. The monoisotopic (exact) mass is 462 g/mol. The van der Waals surface area contributed by atoms with E-state index in [9.17, 15) is 10.2 Å². The van der Waals surface area contributed by atoms with Gasteiger partial charge < -0.3 is 20.3 Å². The number of rotatable bonds is 10. The largest absolute Gasteiger partial charge is 0.508 e. The van der Waals surface area contributed by atoms with Crippen molar-refractivity contribution in [2.45, 2.75) is 38.3 Å². The standard InChI is InChI=1S/C29H38N2O3/c1-30-14-13-21-3-5-22(6-4-21)20-31(15-16-32)29-19-27(34-2)11-12-28(29)25-8-7-24-18-26(33)10-9-23(24)17-25/h3-6,9-12,18-19,25,28-30,32-33H,7-8,13-17,20H2,1-2H3/t25-,28?,29?/m1/s1. The average Bonchev–Trinajstić information content (AvgIpc) is 2.87. The van der Waals surface area contributed by atoms with Crippen LogP contribution < -0.4 is 5.32 Å². The highest BCUT2D eigenvalue weighted by atomic mass is 16.5. The average molecular weight is 463 g/mol. The van der Waals surface area contributed by atoms with E-state index in [0.717, 1.165) is 44.5 Å². The highest BCUT2D eigenvalue weighted by Crippen LogP contribution is 2.38. The second-order valence-electron chi connectivity index (χ2n) is 9.52. The van der Waals surface area contributed by atoms with Crippen LogP contribution in [0.1, 0.15) is 28.7 Å². The molecule has 0 amide bonds. The Balaban J connectivity index is 1.54. The normalized spacial score (nSPS) is 21.9. The number of hydrogen-bond acceptors (Lipinski definition) is 5. The fourth-order valence-electron chi connectivity index (χ4n) is 5.45. The molecule has 4 rings (SSSR count). The van der Waals surface area contributed by atoms with Crippen molar-refractivity contribution >= 4 is 0 Å². The molecule has 0 heterocycles. The maximum atomic E-state index is 9.92. The summed E-state index contributed by atoms with van der Waals surface area (Å²) < 4.78 is 5.61. The molecular formula is C29H38N2O3. The Morgan fingerprint density at radius 3 is 2.62 bits per heavy atom. The summed E-state index contributed by atoms with van der Waals surface area (Å²) in [7, 11) is 3.70. The van der Waals surface area contributed by atoms with Crippen molar-refractivity contribution in [2.75, 3.05) is 33.9 Å². The van der Waals surface area contributed by atoms with Gasteiger partial charge in [0.2, 0.25) is 0 Å². The number of aliphatic hydroxyl groups is 1. The van der Waals surface area contributed by atoms with E-state index in [2.05, 4.69) is 58.8 Å². The molecule has 2 aromatic rings. The first-order chi connectivity index (χ1) is 16.6. The summed E-state index contributed by atoms with van der Waals surface area (Å²) in [6.07, 6.45) is 10.7. The van der Waals surface area contributed by atoms with Gasteiger partial charge in [-0.3, -0.25) is 4.90 Å². The van der Waals surface area contributed by atoms with Crippen LogP contribution in [0.4, 0.5) is 0 Å². The van der Waals surface area contributed by atoms with Crippen LogP contribution in [0.25, 0.3) is 0 Å². The van der Waals surface area contributed by atoms with Crippen molar-refractivity contribution in [1.29, 1.82) is 0 Å². The van der Waals surface area contributed by atoms with Crippen LogP contribution in [0, 0.1) is 11.8 Å². The minimum Gasteiger partial charge on any atom is -0.508 e. The van der Waals surface area contributed by atoms with Gasteiger partial charge in [-0.1, -0.05) is 36.4 Å². The molecule has 0 aromatic heterocycles. The second-order valence-corrected chi connectivity index (χ2v) is 9.52. The molecule has 0 saturated carbocycles. The number of ether oxygens (including phenoxy) is 1. The minimum atomic E-state index is 0.121. The predicted octanol–water partition coefficient (Wildman–Crippen LogP) is 3.84. The molecule has 0 bridgehead atoms. The molecule has 0 spiro atoms. The van der Waals surface area contributed by atoms with Crippen LogP contribution in [0.15, 0.2) is 66.5 Å². The third-order valence-electron chi connectivity index (χ3n) is 7.33. The number of benzene rings is 2. The number of allylic oxidation sites excluding steroid dienone is 1. The van der Waals surface area contributed by atoms with Crippen LogP contribution in [-0.2, 0) is 30.5 Å². The Morgan fingerprint density at radius 1 is 1.09 bits per heavy atom. The Bertz CT molecular complexity index is 999. The molecule has 182 valence electrons. The number of nitrogens with zero attached hydrogens (tertiary/aromatic N) is 1. The Labute approximate surface area is 203 Å². The highest BCUT2D eigenvalue weighted by Gasteiger charge is 2.34. The lowest BCUT2D eigenvalue weighted by Gasteiger charge is -2.41. The van der Waals surface area contributed by atoms with Crippen LogP contribution >= 0.6 is 0 Å². The first-order valence-corrected chi connectivity index (χ1v) is 12.4. The van der Waals surface area contributed by atoms with Gasteiger partial charge in [-0.2, -0.15) is 0 Å². The maximum Gasteiger partial charge on any atom is 0.116 e. The third-order valence-corrected chi connectivity index (χ3v) is 7.33. The van der Waals surface area contributed by atoms with E-state index in [-0.39, 0.29) is 12.6 Å². The predicted molar refractivity (Wildman–Crippen MR) is 137 cm³/mol. The first-order valence-electron chi connectivity index (χ1n) is 12.4. The van der Waals surface area contributed by atoms with Gasteiger partial charge in [0, 0.05) is 19.1 Å². The first kappa shape index (κ1) is 24.5. The van der Waals surface area contributed by atoms with Gasteiger partial charge in [0.05, 0.1) is 13.7 Å². The zero-order valence-corrected chi connectivity index (χ0v) is 20.4. The van der Waals surface area contributed by atoms with Crippen LogP contribution in [0.2, 0.25) is 0 Å². The van der Waals surface area contributed by atoms with E-state index in [4.69, 9.17) is 4.74 Å². The van der Waals surface area contributed by atoms with Gasteiger partial charge in [0.1, 0.15) is 11.5 Å². The van der Waals surface area contributed by atoms with E-state index in [1.807, 2.05) is 13.1 Å². The molecule has 2 aliphatic rings. The SMILES string of the molecule is CNCCc1ccc(CN(CCO)C2C=C(OC)C=CC2[C@@H]2CCc3cc(O)ccc3C2)cc1. The van der Waals surface area contributed by atoms with Gasteiger partial charge in [0.15, 0.2) is 0 Å².